The number of aryl methyl sites for hydroxylation is 1. The molecule has 0 amide bonds. The van der Waals surface area contributed by atoms with Crippen LogP contribution in [0.15, 0.2) is 36.4 Å². The molecule has 0 bridgehead atoms. The molecular formula is C28H34O3. The van der Waals surface area contributed by atoms with Crippen LogP contribution in [0.5, 0.6) is 5.75 Å². The van der Waals surface area contributed by atoms with Gasteiger partial charge in [-0.3, -0.25) is 0 Å². The molecule has 164 valence electrons. The van der Waals surface area contributed by atoms with E-state index in [0.717, 1.165) is 36.3 Å². The van der Waals surface area contributed by atoms with Gasteiger partial charge in [-0.25, -0.2) is 4.79 Å². The Balaban J connectivity index is 1.89. The van der Waals surface area contributed by atoms with Gasteiger partial charge in [-0.1, -0.05) is 51.9 Å². The fourth-order valence-electron chi connectivity index (χ4n) is 3.93. The zero-order valence-electron chi connectivity index (χ0n) is 19.3. The topological polar surface area (TPSA) is 35.5 Å². The molecule has 0 fully saturated rings. The Morgan fingerprint density at radius 1 is 1.06 bits per heavy atom. The van der Waals surface area contributed by atoms with E-state index in [0.29, 0.717) is 12.2 Å². The van der Waals surface area contributed by atoms with Crippen LogP contribution in [0.3, 0.4) is 0 Å². The Labute approximate surface area is 187 Å². The van der Waals surface area contributed by atoms with Crippen molar-refractivity contribution in [3.63, 3.8) is 0 Å². The number of benzene rings is 2. The van der Waals surface area contributed by atoms with Crippen molar-refractivity contribution in [1.29, 1.82) is 0 Å². The third-order valence-corrected chi connectivity index (χ3v) is 5.96. The summed E-state index contributed by atoms with van der Waals surface area (Å²) in [5.74, 6) is 7.42. The van der Waals surface area contributed by atoms with E-state index >= 15 is 0 Å². The SMILES string of the molecule is CCCCCCc1cc2c(cc1C#Cc1ccc(C(=O)OCC)cc1)C(C)(C)CCO2. The van der Waals surface area contributed by atoms with Gasteiger partial charge in [0.1, 0.15) is 5.75 Å². The largest absolute Gasteiger partial charge is 0.493 e. The summed E-state index contributed by atoms with van der Waals surface area (Å²) in [5.41, 5.74) is 5.13. The van der Waals surface area contributed by atoms with Gasteiger partial charge in [0.05, 0.1) is 18.8 Å². The predicted octanol–water partition coefficient (Wildman–Crippen LogP) is 6.45. The summed E-state index contributed by atoms with van der Waals surface area (Å²) in [6.45, 7) is 9.75. The van der Waals surface area contributed by atoms with Gasteiger partial charge in [0.2, 0.25) is 0 Å². The highest BCUT2D eigenvalue weighted by Crippen LogP contribution is 2.40. The number of fused-ring (bicyclic) bond motifs is 1. The van der Waals surface area contributed by atoms with Gasteiger partial charge in [0.15, 0.2) is 0 Å². The number of carbonyl (C=O) groups excluding carboxylic acids is 1. The van der Waals surface area contributed by atoms with Crippen molar-refractivity contribution in [3.8, 4) is 17.6 Å². The first-order valence-corrected chi connectivity index (χ1v) is 11.5. The average molecular weight is 419 g/mol. The van der Waals surface area contributed by atoms with E-state index in [1.165, 1.54) is 36.8 Å². The van der Waals surface area contributed by atoms with E-state index in [4.69, 9.17) is 9.47 Å². The monoisotopic (exact) mass is 418 g/mol. The molecule has 0 aliphatic carbocycles. The lowest BCUT2D eigenvalue weighted by Crippen LogP contribution is -2.27. The summed E-state index contributed by atoms with van der Waals surface area (Å²) in [6.07, 6.45) is 6.93. The maximum Gasteiger partial charge on any atom is 0.338 e. The molecule has 2 aromatic carbocycles. The number of hydrogen-bond acceptors (Lipinski definition) is 3. The minimum Gasteiger partial charge on any atom is -0.493 e. The minimum atomic E-state index is -0.298. The van der Waals surface area contributed by atoms with Crippen LogP contribution >= 0.6 is 0 Å². The van der Waals surface area contributed by atoms with Crippen LogP contribution < -0.4 is 4.74 Å². The lowest BCUT2D eigenvalue weighted by molar-refractivity contribution is 0.0526. The fourth-order valence-corrected chi connectivity index (χ4v) is 3.93. The molecule has 3 rings (SSSR count). The van der Waals surface area contributed by atoms with Crippen molar-refractivity contribution in [2.24, 2.45) is 0 Å². The first-order chi connectivity index (χ1) is 14.9. The quantitative estimate of drug-likeness (QED) is 0.295. The number of ether oxygens (including phenoxy) is 2. The molecule has 1 heterocycles. The summed E-state index contributed by atoms with van der Waals surface area (Å²) in [5, 5.41) is 0. The Morgan fingerprint density at radius 2 is 1.84 bits per heavy atom. The van der Waals surface area contributed by atoms with Crippen LogP contribution in [-0.2, 0) is 16.6 Å². The number of esters is 1. The molecule has 3 nitrogen and oxygen atoms in total. The highest BCUT2D eigenvalue weighted by Gasteiger charge is 2.29. The normalized spacial score (nSPS) is 14.1. The maximum absolute atomic E-state index is 11.9. The van der Waals surface area contributed by atoms with Crippen molar-refractivity contribution in [3.05, 3.63) is 64.2 Å². The average Bonchev–Trinajstić information content (AvgIpc) is 2.76. The van der Waals surface area contributed by atoms with Crippen LogP contribution in [-0.4, -0.2) is 19.2 Å². The van der Waals surface area contributed by atoms with E-state index in [2.05, 4.69) is 44.7 Å². The lowest BCUT2D eigenvalue weighted by Gasteiger charge is -2.33. The van der Waals surface area contributed by atoms with Crippen LogP contribution in [0.4, 0.5) is 0 Å². The molecule has 0 radical (unpaired) electrons. The molecule has 1 aliphatic rings. The third-order valence-electron chi connectivity index (χ3n) is 5.96. The molecule has 0 spiro atoms. The maximum atomic E-state index is 11.9. The van der Waals surface area contributed by atoms with E-state index in [9.17, 15) is 4.79 Å². The highest BCUT2D eigenvalue weighted by atomic mass is 16.5. The van der Waals surface area contributed by atoms with Crippen molar-refractivity contribution >= 4 is 5.97 Å². The molecule has 0 N–H and O–H groups in total. The van der Waals surface area contributed by atoms with Gasteiger partial charge in [-0.15, -0.1) is 0 Å². The minimum absolute atomic E-state index is 0.0893. The molecule has 2 aromatic rings. The smallest absolute Gasteiger partial charge is 0.338 e. The van der Waals surface area contributed by atoms with E-state index < -0.39 is 0 Å². The first-order valence-electron chi connectivity index (χ1n) is 11.5. The standard InChI is InChI=1S/C28H34O3/c1-5-7-8-9-10-23-20-26-25(28(3,4)17-18-31-26)19-24(23)16-13-21-11-14-22(15-12-21)27(29)30-6-2/h11-12,14-15,19-20H,5-10,17-18H2,1-4H3. The molecular weight excluding hydrogens is 384 g/mol. The number of hydrogen-bond donors (Lipinski definition) is 0. The summed E-state index contributed by atoms with van der Waals surface area (Å²) < 4.78 is 11.1. The van der Waals surface area contributed by atoms with Crippen LogP contribution in [0.1, 0.15) is 92.4 Å². The van der Waals surface area contributed by atoms with Gasteiger partial charge in [0.25, 0.3) is 0 Å². The Morgan fingerprint density at radius 3 is 2.55 bits per heavy atom. The van der Waals surface area contributed by atoms with Gasteiger partial charge < -0.3 is 9.47 Å². The summed E-state index contributed by atoms with van der Waals surface area (Å²) in [6, 6.07) is 11.8. The van der Waals surface area contributed by atoms with Crippen molar-refractivity contribution in [2.75, 3.05) is 13.2 Å². The zero-order valence-corrected chi connectivity index (χ0v) is 19.3. The van der Waals surface area contributed by atoms with Crippen molar-refractivity contribution in [1.82, 2.24) is 0 Å². The van der Waals surface area contributed by atoms with Crippen LogP contribution in [0.2, 0.25) is 0 Å². The summed E-state index contributed by atoms with van der Waals surface area (Å²) in [7, 11) is 0. The Bertz CT molecular complexity index is 958. The van der Waals surface area contributed by atoms with Gasteiger partial charge in [-0.2, -0.15) is 0 Å². The van der Waals surface area contributed by atoms with Gasteiger partial charge in [-0.05, 0) is 73.6 Å². The molecule has 0 saturated heterocycles. The van der Waals surface area contributed by atoms with E-state index in [-0.39, 0.29) is 11.4 Å². The highest BCUT2D eigenvalue weighted by molar-refractivity contribution is 5.89. The Kier molecular flexibility index (Phi) is 7.80. The van der Waals surface area contributed by atoms with Gasteiger partial charge in [0, 0.05) is 16.7 Å². The van der Waals surface area contributed by atoms with Gasteiger partial charge >= 0.3 is 5.97 Å². The molecule has 1 aliphatic heterocycles. The molecule has 0 unspecified atom stereocenters. The first kappa shape index (κ1) is 22.9. The number of unbranched alkanes of at least 4 members (excludes halogenated alkanes) is 3. The predicted molar refractivity (Wildman–Crippen MR) is 126 cm³/mol. The van der Waals surface area contributed by atoms with E-state index in [1.807, 2.05) is 19.1 Å². The molecule has 31 heavy (non-hydrogen) atoms. The second-order valence-electron chi connectivity index (χ2n) is 8.85. The van der Waals surface area contributed by atoms with Crippen LogP contribution in [0, 0.1) is 11.8 Å². The molecule has 0 saturated carbocycles. The second-order valence-corrected chi connectivity index (χ2v) is 8.85. The van der Waals surface area contributed by atoms with Crippen molar-refractivity contribution < 1.29 is 14.3 Å². The number of carbonyl (C=O) groups is 1. The summed E-state index contributed by atoms with van der Waals surface area (Å²) in [4.78, 5) is 11.9. The van der Waals surface area contributed by atoms with E-state index in [1.54, 1.807) is 12.1 Å². The zero-order chi connectivity index (χ0) is 22.3. The second kappa shape index (κ2) is 10.5. The fraction of sp³-hybridized carbons (Fsp3) is 0.464. The molecule has 0 atom stereocenters. The van der Waals surface area contributed by atoms with Crippen molar-refractivity contribution in [2.45, 2.75) is 71.6 Å². The third kappa shape index (κ3) is 5.91. The molecule has 0 aromatic heterocycles. The Hall–Kier alpha value is -2.73. The lowest BCUT2D eigenvalue weighted by atomic mass is 9.78. The number of rotatable bonds is 7. The van der Waals surface area contributed by atoms with Crippen LogP contribution in [0.25, 0.3) is 0 Å². The summed E-state index contributed by atoms with van der Waals surface area (Å²) >= 11 is 0. The molecule has 3 heteroatoms.